The summed E-state index contributed by atoms with van der Waals surface area (Å²) in [5, 5.41) is 0. The molecule has 25 heavy (non-hydrogen) atoms. The van der Waals surface area contributed by atoms with Crippen molar-refractivity contribution >= 4 is 11.9 Å². The second kappa shape index (κ2) is 7.84. The van der Waals surface area contributed by atoms with Gasteiger partial charge in [0.2, 0.25) is 0 Å². The topological polar surface area (TPSA) is 91.1 Å². The first-order valence-corrected chi connectivity index (χ1v) is 8.23. The highest BCUT2D eigenvalue weighted by atomic mass is 16.6. The van der Waals surface area contributed by atoms with Crippen LogP contribution in [0.4, 0.5) is 0 Å². The molecular weight excluding hydrogens is 324 g/mol. The van der Waals surface area contributed by atoms with Crippen LogP contribution in [0.15, 0.2) is 24.3 Å². The van der Waals surface area contributed by atoms with Crippen LogP contribution in [-0.2, 0) is 14.3 Å². The third-order valence-electron chi connectivity index (χ3n) is 3.79. The summed E-state index contributed by atoms with van der Waals surface area (Å²) in [7, 11) is 1.33. The maximum Gasteiger partial charge on any atom is 0.337 e. The van der Waals surface area contributed by atoms with E-state index in [0.717, 1.165) is 0 Å². The molecule has 0 aliphatic carbocycles. The van der Waals surface area contributed by atoms with Crippen molar-refractivity contribution in [3.8, 4) is 5.75 Å². The molecule has 0 aromatic heterocycles. The van der Waals surface area contributed by atoms with Crippen LogP contribution in [0.25, 0.3) is 0 Å². The zero-order chi connectivity index (χ0) is 18.6. The van der Waals surface area contributed by atoms with Crippen molar-refractivity contribution < 1.29 is 23.8 Å². The van der Waals surface area contributed by atoms with Gasteiger partial charge in [-0.05, 0) is 51.5 Å². The van der Waals surface area contributed by atoms with Gasteiger partial charge in [0.25, 0.3) is 0 Å². The Balaban J connectivity index is 1.96. The van der Waals surface area contributed by atoms with Gasteiger partial charge in [-0.1, -0.05) is 0 Å². The van der Waals surface area contributed by atoms with E-state index in [-0.39, 0.29) is 18.7 Å². The molecule has 0 saturated carbocycles. The van der Waals surface area contributed by atoms with Crippen LogP contribution < -0.4 is 10.5 Å². The van der Waals surface area contributed by atoms with Crippen LogP contribution in [0.3, 0.4) is 0 Å². The Morgan fingerprint density at radius 3 is 2.44 bits per heavy atom. The molecule has 1 saturated heterocycles. The Labute approximate surface area is 148 Å². The number of nitrogens with two attached hydrogens (primary N) is 1. The molecule has 0 amide bonds. The summed E-state index contributed by atoms with van der Waals surface area (Å²) in [4.78, 5) is 25.6. The minimum absolute atomic E-state index is 0.0946. The average molecular weight is 350 g/mol. The number of hydrogen-bond acceptors (Lipinski definition) is 7. The van der Waals surface area contributed by atoms with Crippen LogP contribution in [-0.4, -0.2) is 54.9 Å². The normalized spacial score (nSPS) is 21.0. The summed E-state index contributed by atoms with van der Waals surface area (Å²) < 4.78 is 15.8. The fraction of sp³-hybridized carbons (Fsp3) is 0.556. The molecule has 7 nitrogen and oxygen atoms in total. The summed E-state index contributed by atoms with van der Waals surface area (Å²) in [5.74, 6) is -0.0943. The first kappa shape index (κ1) is 19.2. The van der Waals surface area contributed by atoms with Gasteiger partial charge in [0.05, 0.1) is 12.7 Å². The molecule has 1 heterocycles. The van der Waals surface area contributed by atoms with Gasteiger partial charge >= 0.3 is 11.9 Å². The Kier molecular flexibility index (Phi) is 6.02. The first-order chi connectivity index (χ1) is 11.7. The Morgan fingerprint density at radius 2 is 1.88 bits per heavy atom. The quantitative estimate of drug-likeness (QED) is 0.806. The summed E-state index contributed by atoms with van der Waals surface area (Å²) in [6.07, 6.45) is 0.541. The van der Waals surface area contributed by atoms with Crippen LogP contribution >= 0.6 is 0 Å². The van der Waals surface area contributed by atoms with Gasteiger partial charge in [-0.3, -0.25) is 9.69 Å². The van der Waals surface area contributed by atoms with Crippen LogP contribution in [0.5, 0.6) is 5.75 Å². The predicted octanol–water partition coefficient (Wildman–Crippen LogP) is 1.55. The fourth-order valence-electron chi connectivity index (χ4n) is 2.66. The molecule has 1 aliphatic rings. The number of nitrogens with zero attached hydrogens (tertiary/aromatic N) is 1. The summed E-state index contributed by atoms with van der Waals surface area (Å²) >= 11 is 0. The lowest BCUT2D eigenvalue weighted by molar-refractivity contribution is -0.161. The van der Waals surface area contributed by atoms with Crippen LogP contribution in [0, 0.1) is 0 Å². The molecule has 1 aromatic carbocycles. The van der Waals surface area contributed by atoms with E-state index in [9.17, 15) is 9.59 Å². The molecule has 1 unspecified atom stereocenters. The minimum atomic E-state index is -0.542. The third-order valence-corrected chi connectivity index (χ3v) is 3.79. The predicted molar refractivity (Wildman–Crippen MR) is 92.2 cm³/mol. The molecule has 7 heteroatoms. The lowest BCUT2D eigenvalue weighted by atomic mass is 10.1. The van der Waals surface area contributed by atoms with Crippen molar-refractivity contribution in [1.29, 1.82) is 0 Å². The van der Waals surface area contributed by atoms with Crippen molar-refractivity contribution in [1.82, 2.24) is 4.90 Å². The van der Waals surface area contributed by atoms with Gasteiger partial charge in [0.1, 0.15) is 24.1 Å². The highest BCUT2D eigenvalue weighted by Gasteiger charge is 2.38. The van der Waals surface area contributed by atoms with E-state index < -0.39 is 17.6 Å². The van der Waals surface area contributed by atoms with E-state index in [1.54, 1.807) is 24.3 Å². The van der Waals surface area contributed by atoms with Crippen LogP contribution in [0.1, 0.15) is 37.6 Å². The summed E-state index contributed by atoms with van der Waals surface area (Å²) in [6.45, 7) is 6.29. The molecule has 138 valence electrons. The maximum atomic E-state index is 12.4. The second-order valence-corrected chi connectivity index (χ2v) is 7.11. The number of ether oxygens (including phenoxy) is 3. The smallest absolute Gasteiger partial charge is 0.337 e. The molecule has 0 radical (unpaired) electrons. The molecule has 1 fully saturated rings. The fourth-order valence-corrected chi connectivity index (χ4v) is 2.66. The lowest BCUT2D eigenvalue weighted by Gasteiger charge is -2.27. The number of benzene rings is 1. The molecule has 1 aromatic rings. The number of carbonyl (C=O) groups is 2. The van der Waals surface area contributed by atoms with Gasteiger partial charge in [-0.15, -0.1) is 0 Å². The summed E-state index contributed by atoms with van der Waals surface area (Å²) in [6, 6.07) is 6.12. The second-order valence-electron chi connectivity index (χ2n) is 7.11. The van der Waals surface area contributed by atoms with E-state index in [0.29, 0.717) is 24.3 Å². The van der Waals surface area contributed by atoms with Gasteiger partial charge in [-0.2, -0.15) is 0 Å². The Hall–Kier alpha value is -2.12. The number of carbonyl (C=O) groups excluding carboxylic acids is 2. The van der Waals surface area contributed by atoms with Crippen LogP contribution in [0.2, 0.25) is 0 Å². The number of methoxy groups -OCH3 is 1. The summed E-state index contributed by atoms with van der Waals surface area (Å²) in [5.41, 5.74) is 5.91. The number of esters is 2. The number of rotatable bonds is 5. The van der Waals surface area contributed by atoms with Crippen molar-refractivity contribution in [3.05, 3.63) is 29.8 Å². The Bertz CT molecular complexity index is 609. The highest BCUT2D eigenvalue weighted by Crippen LogP contribution is 2.21. The largest absolute Gasteiger partial charge is 0.478 e. The standard InChI is InChI=1S/C18H26N2O5/c1-18(2,3)25-17(22)15-9-13(19)10-20(15)11-24-14-7-5-12(6-8-14)16(21)23-4/h5-8,13,15H,9-11,19H2,1-4H3/t13?,15-/m0/s1. The molecule has 2 atom stereocenters. The zero-order valence-corrected chi connectivity index (χ0v) is 15.2. The van der Waals surface area contributed by atoms with E-state index in [1.165, 1.54) is 7.11 Å². The SMILES string of the molecule is COC(=O)c1ccc(OCN2CC(N)C[C@H]2C(=O)OC(C)(C)C)cc1. The van der Waals surface area contributed by atoms with E-state index in [4.69, 9.17) is 15.2 Å². The highest BCUT2D eigenvalue weighted by molar-refractivity contribution is 5.89. The molecule has 2 N–H and O–H groups in total. The molecule has 0 bridgehead atoms. The molecule has 0 spiro atoms. The monoisotopic (exact) mass is 350 g/mol. The zero-order valence-electron chi connectivity index (χ0n) is 15.2. The first-order valence-electron chi connectivity index (χ1n) is 8.23. The van der Waals surface area contributed by atoms with Gasteiger partial charge < -0.3 is 19.9 Å². The van der Waals surface area contributed by atoms with E-state index in [1.807, 2.05) is 25.7 Å². The number of hydrogen-bond donors (Lipinski definition) is 1. The van der Waals surface area contributed by atoms with E-state index in [2.05, 4.69) is 4.74 Å². The minimum Gasteiger partial charge on any atom is -0.478 e. The van der Waals surface area contributed by atoms with Crippen molar-refractivity contribution in [2.75, 3.05) is 20.4 Å². The lowest BCUT2D eigenvalue weighted by Crippen LogP contribution is -2.42. The number of likely N-dealkylation sites (tertiary alicyclic amines) is 1. The van der Waals surface area contributed by atoms with Crippen molar-refractivity contribution in [2.45, 2.75) is 44.9 Å². The van der Waals surface area contributed by atoms with Gasteiger partial charge in [0, 0.05) is 12.6 Å². The van der Waals surface area contributed by atoms with E-state index >= 15 is 0 Å². The molecular formula is C18H26N2O5. The maximum absolute atomic E-state index is 12.4. The Morgan fingerprint density at radius 1 is 1.24 bits per heavy atom. The van der Waals surface area contributed by atoms with Gasteiger partial charge in [-0.25, -0.2) is 4.79 Å². The average Bonchev–Trinajstić information content (AvgIpc) is 2.92. The van der Waals surface area contributed by atoms with Crippen molar-refractivity contribution in [2.24, 2.45) is 5.73 Å². The van der Waals surface area contributed by atoms with Crippen molar-refractivity contribution in [3.63, 3.8) is 0 Å². The molecule has 1 aliphatic heterocycles. The third kappa shape index (κ3) is 5.44. The molecule has 2 rings (SSSR count). The van der Waals surface area contributed by atoms with Gasteiger partial charge in [0.15, 0.2) is 0 Å².